The molecule has 8 heteroatoms. The number of nitrogens with zero attached hydrogens (tertiary/aromatic N) is 2. The lowest BCUT2D eigenvalue weighted by molar-refractivity contribution is 0.0303. The fourth-order valence-corrected chi connectivity index (χ4v) is 2.80. The molecule has 0 radical (unpaired) electrons. The molecule has 0 aromatic heterocycles. The smallest absolute Gasteiger partial charge is 0.255 e. The van der Waals surface area contributed by atoms with Gasteiger partial charge in [-0.3, -0.25) is 14.6 Å². The van der Waals surface area contributed by atoms with Crippen LogP contribution in [0.3, 0.4) is 0 Å². The summed E-state index contributed by atoms with van der Waals surface area (Å²) in [6.07, 6.45) is 0.160. The second kappa shape index (κ2) is 9.92. The Morgan fingerprint density at radius 2 is 1.86 bits per heavy atom. The molecule has 1 fully saturated rings. The molecule has 0 unspecified atom stereocenters. The minimum absolute atomic E-state index is 0.0539. The van der Waals surface area contributed by atoms with Crippen LogP contribution in [0.5, 0.6) is 0 Å². The van der Waals surface area contributed by atoms with Crippen molar-refractivity contribution in [1.82, 2.24) is 4.90 Å². The van der Waals surface area contributed by atoms with Crippen LogP contribution in [0.25, 0.3) is 0 Å². The van der Waals surface area contributed by atoms with E-state index in [-0.39, 0.29) is 11.8 Å². The maximum Gasteiger partial charge on any atom is 0.255 e. The molecule has 29 heavy (non-hydrogen) atoms. The van der Waals surface area contributed by atoms with E-state index < -0.39 is 12.7 Å². The zero-order chi connectivity index (χ0) is 20.6. The Hall–Kier alpha value is -3.07. The predicted molar refractivity (Wildman–Crippen MR) is 109 cm³/mol. The van der Waals surface area contributed by atoms with Gasteiger partial charge in [0.2, 0.25) is 0 Å². The SMILES string of the molecule is O=C(Nc1ccc(C(=O)N2CCOCC2)cc1)c1cccc(N=C[C@H](O)CO)c1. The Morgan fingerprint density at radius 1 is 1.14 bits per heavy atom. The summed E-state index contributed by atoms with van der Waals surface area (Å²) in [6.45, 7) is 1.81. The van der Waals surface area contributed by atoms with E-state index in [1.807, 2.05) is 0 Å². The van der Waals surface area contributed by atoms with E-state index in [4.69, 9.17) is 9.84 Å². The third kappa shape index (κ3) is 5.71. The summed E-state index contributed by atoms with van der Waals surface area (Å²) in [5.41, 5.74) is 2.00. The molecule has 2 amide bonds. The molecule has 2 aromatic carbocycles. The number of aliphatic hydroxyl groups excluding tert-OH is 2. The Balaban J connectivity index is 1.63. The number of ether oxygens (including phenoxy) is 1. The molecular formula is C21H23N3O5. The van der Waals surface area contributed by atoms with Gasteiger partial charge in [-0.1, -0.05) is 6.07 Å². The lowest BCUT2D eigenvalue weighted by Gasteiger charge is -2.26. The van der Waals surface area contributed by atoms with Crippen LogP contribution >= 0.6 is 0 Å². The van der Waals surface area contributed by atoms with Gasteiger partial charge < -0.3 is 25.2 Å². The zero-order valence-corrected chi connectivity index (χ0v) is 15.8. The molecule has 1 aliphatic heterocycles. The van der Waals surface area contributed by atoms with Crippen LogP contribution in [0.15, 0.2) is 53.5 Å². The van der Waals surface area contributed by atoms with Gasteiger partial charge in [-0.15, -0.1) is 0 Å². The first-order valence-corrected chi connectivity index (χ1v) is 9.28. The van der Waals surface area contributed by atoms with Gasteiger partial charge in [0.1, 0.15) is 6.10 Å². The summed E-state index contributed by atoms with van der Waals surface area (Å²) in [5, 5.41) is 20.9. The summed E-state index contributed by atoms with van der Waals surface area (Å²) in [5.74, 6) is -0.376. The molecule has 0 aliphatic carbocycles. The van der Waals surface area contributed by atoms with E-state index in [0.29, 0.717) is 48.8 Å². The van der Waals surface area contributed by atoms with Crippen LogP contribution < -0.4 is 5.32 Å². The van der Waals surface area contributed by atoms with Crippen molar-refractivity contribution in [3.8, 4) is 0 Å². The van der Waals surface area contributed by atoms with Gasteiger partial charge in [0, 0.05) is 36.1 Å². The fraction of sp³-hybridized carbons (Fsp3) is 0.286. The number of benzene rings is 2. The summed E-state index contributed by atoms with van der Waals surface area (Å²) >= 11 is 0. The topological polar surface area (TPSA) is 111 Å². The van der Waals surface area contributed by atoms with Crippen molar-refractivity contribution in [1.29, 1.82) is 0 Å². The van der Waals surface area contributed by atoms with Crippen LogP contribution in [0.1, 0.15) is 20.7 Å². The number of hydrogen-bond acceptors (Lipinski definition) is 6. The van der Waals surface area contributed by atoms with Crippen LogP contribution in [-0.2, 0) is 4.74 Å². The molecule has 1 aliphatic rings. The minimum Gasteiger partial charge on any atom is -0.393 e. The first-order valence-electron chi connectivity index (χ1n) is 9.28. The number of aliphatic hydroxyl groups is 2. The van der Waals surface area contributed by atoms with Crippen LogP contribution in [0.4, 0.5) is 11.4 Å². The Kier molecular flexibility index (Phi) is 7.07. The largest absolute Gasteiger partial charge is 0.393 e. The molecule has 3 rings (SSSR count). The van der Waals surface area contributed by atoms with E-state index in [2.05, 4.69) is 10.3 Å². The Morgan fingerprint density at radius 3 is 2.55 bits per heavy atom. The van der Waals surface area contributed by atoms with Crippen LogP contribution in [0.2, 0.25) is 0 Å². The van der Waals surface area contributed by atoms with E-state index in [1.54, 1.807) is 53.4 Å². The van der Waals surface area contributed by atoms with E-state index in [0.717, 1.165) is 0 Å². The molecule has 3 N–H and O–H groups in total. The van der Waals surface area contributed by atoms with Gasteiger partial charge in [-0.2, -0.15) is 0 Å². The van der Waals surface area contributed by atoms with Gasteiger partial charge in [-0.05, 0) is 42.5 Å². The number of aliphatic imine (C=N–C) groups is 1. The molecule has 0 bridgehead atoms. The third-order valence-electron chi connectivity index (χ3n) is 4.38. The molecule has 0 saturated carbocycles. The number of hydrogen-bond donors (Lipinski definition) is 3. The Labute approximate surface area is 168 Å². The standard InChI is InChI=1S/C21H23N3O5/c25-14-19(26)13-22-18-3-1-2-16(12-18)20(27)23-17-6-4-15(5-7-17)21(28)24-8-10-29-11-9-24/h1-7,12-13,19,25-26H,8-11,14H2,(H,23,27)/t19-/m0/s1. The normalized spacial score (nSPS) is 15.3. The number of rotatable bonds is 6. The van der Waals surface area contributed by atoms with E-state index in [1.165, 1.54) is 6.21 Å². The summed E-state index contributed by atoms with van der Waals surface area (Å²) < 4.78 is 5.26. The zero-order valence-electron chi connectivity index (χ0n) is 15.8. The lowest BCUT2D eigenvalue weighted by atomic mass is 10.1. The number of carbonyl (C=O) groups is 2. The van der Waals surface area contributed by atoms with Gasteiger partial charge in [0.05, 0.1) is 25.5 Å². The number of nitrogens with one attached hydrogen (secondary N) is 1. The summed E-state index contributed by atoms with van der Waals surface area (Å²) in [4.78, 5) is 30.7. The lowest BCUT2D eigenvalue weighted by Crippen LogP contribution is -2.40. The predicted octanol–water partition coefficient (Wildman–Crippen LogP) is 1.47. The molecule has 1 saturated heterocycles. The highest BCUT2D eigenvalue weighted by Crippen LogP contribution is 2.17. The molecule has 0 spiro atoms. The Bertz CT molecular complexity index is 876. The van der Waals surface area contributed by atoms with Crippen molar-refractivity contribution in [3.63, 3.8) is 0 Å². The van der Waals surface area contributed by atoms with Crippen molar-refractivity contribution >= 4 is 29.4 Å². The monoisotopic (exact) mass is 397 g/mol. The van der Waals surface area contributed by atoms with Gasteiger partial charge in [0.15, 0.2) is 0 Å². The van der Waals surface area contributed by atoms with Crippen molar-refractivity contribution < 1.29 is 24.5 Å². The number of amides is 2. The maximum absolute atomic E-state index is 12.5. The first kappa shape index (κ1) is 20.7. The highest BCUT2D eigenvalue weighted by atomic mass is 16.5. The molecule has 1 heterocycles. The molecule has 152 valence electrons. The van der Waals surface area contributed by atoms with Crippen molar-refractivity contribution in [2.75, 3.05) is 38.2 Å². The van der Waals surface area contributed by atoms with Crippen molar-refractivity contribution in [3.05, 3.63) is 59.7 Å². The number of carbonyl (C=O) groups excluding carboxylic acids is 2. The van der Waals surface area contributed by atoms with Crippen molar-refractivity contribution in [2.45, 2.75) is 6.10 Å². The third-order valence-corrected chi connectivity index (χ3v) is 4.38. The van der Waals surface area contributed by atoms with Gasteiger partial charge >= 0.3 is 0 Å². The first-order chi connectivity index (χ1) is 14.1. The maximum atomic E-state index is 12.5. The molecule has 1 atom stereocenters. The highest BCUT2D eigenvalue weighted by Gasteiger charge is 2.18. The minimum atomic E-state index is -1.05. The second-order valence-electron chi connectivity index (χ2n) is 6.51. The quantitative estimate of drug-likeness (QED) is 0.639. The number of morpholine rings is 1. The summed E-state index contributed by atoms with van der Waals surface area (Å²) in [6, 6.07) is 13.3. The molecular weight excluding hydrogens is 374 g/mol. The van der Waals surface area contributed by atoms with Gasteiger partial charge in [-0.25, -0.2) is 0 Å². The highest BCUT2D eigenvalue weighted by molar-refractivity contribution is 6.05. The van der Waals surface area contributed by atoms with E-state index in [9.17, 15) is 14.7 Å². The van der Waals surface area contributed by atoms with Crippen LogP contribution in [-0.4, -0.2) is 72.2 Å². The second-order valence-corrected chi connectivity index (χ2v) is 6.51. The van der Waals surface area contributed by atoms with Gasteiger partial charge in [0.25, 0.3) is 11.8 Å². The van der Waals surface area contributed by atoms with Crippen LogP contribution in [0, 0.1) is 0 Å². The average molecular weight is 397 g/mol. The van der Waals surface area contributed by atoms with E-state index >= 15 is 0 Å². The molecule has 2 aromatic rings. The van der Waals surface area contributed by atoms with Crippen molar-refractivity contribution in [2.24, 2.45) is 4.99 Å². The number of anilines is 1. The fourth-order valence-electron chi connectivity index (χ4n) is 2.80. The molecule has 8 nitrogen and oxygen atoms in total. The summed E-state index contributed by atoms with van der Waals surface area (Å²) in [7, 11) is 0. The average Bonchev–Trinajstić information content (AvgIpc) is 2.78.